The third kappa shape index (κ3) is 4.42. The predicted molar refractivity (Wildman–Crippen MR) is 45.8 cm³/mol. The maximum absolute atomic E-state index is 8.40. The molecule has 0 heterocycles. The molecule has 0 amide bonds. The molecule has 2 nitrogen and oxygen atoms in total. The van der Waals surface area contributed by atoms with Crippen molar-refractivity contribution in [3.05, 3.63) is 0 Å². The minimum Gasteiger partial charge on any atom is -0.292 e. The van der Waals surface area contributed by atoms with Crippen LogP contribution in [0.3, 0.4) is 0 Å². The first kappa shape index (κ1) is 10.0. The van der Waals surface area contributed by atoms with E-state index >= 15 is 0 Å². The van der Waals surface area contributed by atoms with Gasteiger partial charge in [-0.15, -0.1) is 5.92 Å². The molecule has 0 aliphatic heterocycles. The van der Waals surface area contributed by atoms with E-state index in [-0.39, 0.29) is 0 Å². The van der Waals surface area contributed by atoms with Gasteiger partial charge in [-0.05, 0) is 20.9 Å². The lowest BCUT2D eigenvalue weighted by molar-refractivity contribution is 0.292. The minimum absolute atomic E-state index is 0.306. The first-order valence-electron chi connectivity index (χ1n) is 3.69. The summed E-state index contributed by atoms with van der Waals surface area (Å²) in [5.74, 6) is 5.77. The van der Waals surface area contributed by atoms with Gasteiger partial charge in [-0.1, -0.05) is 5.92 Å². The van der Waals surface area contributed by atoms with Gasteiger partial charge in [0.25, 0.3) is 0 Å². The Morgan fingerprint density at radius 2 is 2.18 bits per heavy atom. The van der Waals surface area contributed by atoms with Crippen molar-refractivity contribution in [2.75, 3.05) is 13.6 Å². The largest absolute Gasteiger partial charge is 0.292 e. The molecule has 0 spiro atoms. The molecule has 0 rings (SSSR count). The molecule has 0 aliphatic rings. The van der Waals surface area contributed by atoms with E-state index in [9.17, 15) is 0 Å². The van der Waals surface area contributed by atoms with E-state index in [1.54, 1.807) is 0 Å². The van der Waals surface area contributed by atoms with E-state index in [2.05, 4.69) is 22.8 Å². The Bertz CT molecular complexity index is 192. The second-order valence-electron chi connectivity index (χ2n) is 2.55. The maximum Gasteiger partial charge on any atom is 0.0638 e. The van der Waals surface area contributed by atoms with Crippen LogP contribution in [0, 0.1) is 23.2 Å². The molecule has 0 fully saturated rings. The normalized spacial score (nSPS) is 11.5. The van der Waals surface area contributed by atoms with Crippen LogP contribution in [0.15, 0.2) is 0 Å². The standard InChI is InChI=1S/C9H14N2/c1-4-5-8-11(3)9(2)6-7-10/h9H,6,8H2,1-3H3. The molecule has 0 aromatic rings. The summed E-state index contributed by atoms with van der Waals surface area (Å²) < 4.78 is 0. The van der Waals surface area contributed by atoms with Crippen molar-refractivity contribution >= 4 is 0 Å². The van der Waals surface area contributed by atoms with Crippen LogP contribution in [0.25, 0.3) is 0 Å². The maximum atomic E-state index is 8.40. The lowest BCUT2D eigenvalue weighted by Gasteiger charge is -2.19. The molecule has 0 N–H and O–H groups in total. The summed E-state index contributed by atoms with van der Waals surface area (Å²) in [7, 11) is 1.98. The molecule has 60 valence electrons. The highest BCUT2D eigenvalue weighted by molar-refractivity contribution is 4.98. The molecule has 0 radical (unpaired) electrons. The third-order valence-electron chi connectivity index (χ3n) is 1.64. The van der Waals surface area contributed by atoms with Gasteiger partial charge in [-0.25, -0.2) is 0 Å². The Balaban J connectivity index is 3.71. The number of rotatable bonds is 3. The average Bonchev–Trinajstić information content (AvgIpc) is 2.00. The molecule has 2 heteroatoms. The van der Waals surface area contributed by atoms with Crippen molar-refractivity contribution in [3.63, 3.8) is 0 Å². The smallest absolute Gasteiger partial charge is 0.0638 e. The van der Waals surface area contributed by atoms with E-state index in [0.717, 1.165) is 6.54 Å². The molecular formula is C9H14N2. The topological polar surface area (TPSA) is 27.0 Å². The quantitative estimate of drug-likeness (QED) is 0.566. The van der Waals surface area contributed by atoms with E-state index in [1.807, 2.05) is 20.9 Å². The van der Waals surface area contributed by atoms with Crippen molar-refractivity contribution < 1.29 is 0 Å². The molecule has 0 saturated carbocycles. The molecule has 1 unspecified atom stereocenters. The fourth-order valence-electron chi connectivity index (χ4n) is 0.648. The van der Waals surface area contributed by atoms with Crippen LogP contribution in [-0.4, -0.2) is 24.5 Å². The van der Waals surface area contributed by atoms with E-state index in [0.29, 0.717) is 12.5 Å². The number of nitrogens with zero attached hydrogens (tertiary/aromatic N) is 2. The van der Waals surface area contributed by atoms with E-state index in [1.165, 1.54) is 0 Å². The lowest BCUT2D eigenvalue weighted by Crippen LogP contribution is -2.28. The van der Waals surface area contributed by atoms with Crippen LogP contribution in [0.1, 0.15) is 20.3 Å². The molecule has 0 aliphatic carbocycles. The van der Waals surface area contributed by atoms with Crippen LogP contribution < -0.4 is 0 Å². The second-order valence-corrected chi connectivity index (χ2v) is 2.55. The van der Waals surface area contributed by atoms with Crippen LogP contribution in [0.4, 0.5) is 0 Å². The van der Waals surface area contributed by atoms with Crippen LogP contribution in [0.5, 0.6) is 0 Å². The summed E-state index contributed by atoms with van der Waals surface area (Å²) >= 11 is 0. The summed E-state index contributed by atoms with van der Waals surface area (Å²) in [6.07, 6.45) is 0.571. The van der Waals surface area contributed by atoms with Gasteiger partial charge < -0.3 is 0 Å². The van der Waals surface area contributed by atoms with Gasteiger partial charge in [-0.2, -0.15) is 5.26 Å². The highest BCUT2D eigenvalue weighted by Crippen LogP contribution is 1.97. The molecule has 0 saturated heterocycles. The zero-order valence-electron chi connectivity index (χ0n) is 7.39. The SMILES string of the molecule is CC#CCN(C)C(C)CC#N. The van der Waals surface area contributed by atoms with Gasteiger partial charge in [-0.3, -0.25) is 4.90 Å². The van der Waals surface area contributed by atoms with Crippen molar-refractivity contribution in [3.8, 4) is 17.9 Å². The zero-order valence-corrected chi connectivity index (χ0v) is 7.39. The highest BCUT2D eigenvalue weighted by atomic mass is 15.1. The van der Waals surface area contributed by atoms with Crippen molar-refractivity contribution in [1.82, 2.24) is 4.90 Å². The Hall–Kier alpha value is -0.990. The van der Waals surface area contributed by atoms with E-state index in [4.69, 9.17) is 5.26 Å². The van der Waals surface area contributed by atoms with Gasteiger partial charge in [0.1, 0.15) is 0 Å². The van der Waals surface area contributed by atoms with Gasteiger partial charge >= 0.3 is 0 Å². The van der Waals surface area contributed by atoms with Gasteiger partial charge in [0.2, 0.25) is 0 Å². The fraction of sp³-hybridized carbons (Fsp3) is 0.667. The van der Waals surface area contributed by atoms with Crippen LogP contribution in [-0.2, 0) is 0 Å². The molecule has 0 aromatic carbocycles. The monoisotopic (exact) mass is 150 g/mol. The average molecular weight is 150 g/mol. The van der Waals surface area contributed by atoms with Crippen LogP contribution in [0.2, 0.25) is 0 Å². The number of hydrogen-bond acceptors (Lipinski definition) is 2. The third-order valence-corrected chi connectivity index (χ3v) is 1.64. The summed E-state index contributed by atoms with van der Waals surface area (Å²) in [5, 5.41) is 8.40. The second kappa shape index (κ2) is 5.77. The number of nitriles is 1. The lowest BCUT2D eigenvalue weighted by atomic mass is 10.2. The summed E-state index contributed by atoms with van der Waals surface area (Å²) in [4.78, 5) is 2.07. The Morgan fingerprint density at radius 3 is 2.64 bits per heavy atom. The number of hydrogen-bond donors (Lipinski definition) is 0. The van der Waals surface area contributed by atoms with Crippen molar-refractivity contribution in [2.45, 2.75) is 26.3 Å². The van der Waals surface area contributed by atoms with Gasteiger partial charge in [0.05, 0.1) is 19.0 Å². The molecule has 0 bridgehead atoms. The minimum atomic E-state index is 0.306. The first-order valence-corrected chi connectivity index (χ1v) is 3.69. The molecule has 11 heavy (non-hydrogen) atoms. The molecular weight excluding hydrogens is 136 g/mol. The van der Waals surface area contributed by atoms with Gasteiger partial charge in [0, 0.05) is 6.04 Å². The van der Waals surface area contributed by atoms with E-state index < -0.39 is 0 Å². The zero-order chi connectivity index (χ0) is 8.69. The molecule has 0 aromatic heterocycles. The summed E-state index contributed by atoms with van der Waals surface area (Å²) in [5.41, 5.74) is 0. The van der Waals surface area contributed by atoms with Gasteiger partial charge in [0.15, 0.2) is 0 Å². The fourth-order valence-corrected chi connectivity index (χ4v) is 0.648. The highest BCUT2D eigenvalue weighted by Gasteiger charge is 2.05. The molecule has 1 atom stereocenters. The predicted octanol–water partition coefficient (Wildman–Crippen LogP) is 1.24. The Morgan fingerprint density at radius 1 is 1.55 bits per heavy atom. The Labute approximate surface area is 68.8 Å². The summed E-state index contributed by atoms with van der Waals surface area (Å²) in [6.45, 7) is 4.60. The van der Waals surface area contributed by atoms with Crippen molar-refractivity contribution in [2.24, 2.45) is 0 Å². The van der Waals surface area contributed by atoms with Crippen LogP contribution >= 0.6 is 0 Å². The Kier molecular flexibility index (Phi) is 5.25. The summed E-state index contributed by atoms with van der Waals surface area (Å²) in [6, 6.07) is 2.44. The van der Waals surface area contributed by atoms with Crippen molar-refractivity contribution in [1.29, 1.82) is 5.26 Å². The first-order chi connectivity index (χ1) is 5.22.